The first-order valence-corrected chi connectivity index (χ1v) is 7.28. The molecule has 0 spiro atoms. The van der Waals surface area contributed by atoms with Crippen LogP contribution in [0.25, 0.3) is 0 Å². The van der Waals surface area contributed by atoms with Gasteiger partial charge in [0.15, 0.2) is 0 Å². The van der Waals surface area contributed by atoms with Crippen LogP contribution in [0.3, 0.4) is 0 Å². The highest BCUT2D eigenvalue weighted by Gasteiger charge is 2.36. The number of nitrogens with one attached hydrogen (secondary N) is 1. The molecule has 0 aliphatic heterocycles. The van der Waals surface area contributed by atoms with Gasteiger partial charge < -0.3 is 14.5 Å². The van der Waals surface area contributed by atoms with Crippen molar-refractivity contribution in [2.24, 2.45) is 5.92 Å². The Labute approximate surface area is 116 Å². The van der Waals surface area contributed by atoms with Crippen molar-refractivity contribution in [2.45, 2.75) is 64.6 Å². The van der Waals surface area contributed by atoms with Crippen molar-refractivity contribution < 1.29 is 9.15 Å². The standard InChI is InChI=1S/C16H27NO2/c1-11-8-14(11)15-7-6-13(19-15)10-17-12(2)9-16(3,4)18-5/h6-7,11-12,14,17H,8-10H2,1-5H3. The van der Waals surface area contributed by atoms with Crippen LogP contribution in [0.4, 0.5) is 0 Å². The predicted molar refractivity (Wildman–Crippen MR) is 77.2 cm³/mol. The smallest absolute Gasteiger partial charge is 0.117 e. The van der Waals surface area contributed by atoms with Crippen molar-refractivity contribution in [3.63, 3.8) is 0 Å². The minimum absolute atomic E-state index is 0.0792. The molecule has 0 bridgehead atoms. The average molecular weight is 265 g/mol. The van der Waals surface area contributed by atoms with Gasteiger partial charge in [-0.25, -0.2) is 0 Å². The zero-order valence-corrected chi connectivity index (χ0v) is 12.8. The zero-order valence-electron chi connectivity index (χ0n) is 12.8. The lowest BCUT2D eigenvalue weighted by atomic mass is 10.00. The summed E-state index contributed by atoms with van der Waals surface area (Å²) in [5, 5.41) is 3.50. The lowest BCUT2D eigenvalue weighted by Crippen LogP contribution is -2.35. The first kappa shape index (κ1) is 14.6. The second kappa shape index (κ2) is 5.68. The summed E-state index contributed by atoms with van der Waals surface area (Å²) in [6, 6.07) is 4.64. The Morgan fingerprint density at radius 3 is 2.74 bits per heavy atom. The molecule has 1 fully saturated rings. The molecule has 1 aliphatic rings. The first-order chi connectivity index (χ1) is 8.91. The summed E-state index contributed by atoms with van der Waals surface area (Å²) in [7, 11) is 1.77. The Hall–Kier alpha value is -0.800. The first-order valence-electron chi connectivity index (χ1n) is 7.28. The summed E-state index contributed by atoms with van der Waals surface area (Å²) < 4.78 is 11.3. The molecule has 0 amide bonds. The van der Waals surface area contributed by atoms with Crippen LogP contribution in [-0.4, -0.2) is 18.8 Å². The van der Waals surface area contributed by atoms with Gasteiger partial charge in [-0.2, -0.15) is 0 Å². The number of ether oxygens (including phenoxy) is 1. The molecule has 1 aromatic rings. The molecule has 108 valence electrons. The Kier molecular flexibility index (Phi) is 4.36. The van der Waals surface area contributed by atoms with Crippen LogP contribution >= 0.6 is 0 Å². The molecule has 3 atom stereocenters. The van der Waals surface area contributed by atoms with E-state index in [2.05, 4.69) is 45.1 Å². The number of furan rings is 1. The Balaban J connectivity index is 1.77. The SMILES string of the molecule is COC(C)(C)CC(C)NCc1ccc(C2CC2C)o1. The van der Waals surface area contributed by atoms with Gasteiger partial charge in [0.2, 0.25) is 0 Å². The van der Waals surface area contributed by atoms with Crippen molar-refractivity contribution in [1.82, 2.24) is 5.32 Å². The predicted octanol–water partition coefficient (Wildman–Crippen LogP) is 3.70. The van der Waals surface area contributed by atoms with Gasteiger partial charge >= 0.3 is 0 Å². The van der Waals surface area contributed by atoms with Gasteiger partial charge in [0.1, 0.15) is 11.5 Å². The van der Waals surface area contributed by atoms with E-state index in [4.69, 9.17) is 9.15 Å². The molecular formula is C16H27NO2. The largest absolute Gasteiger partial charge is 0.464 e. The summed E-state index contributed by atoms with van der Waals surface area (Å²) in [6.07, 6.45) is 2.26. The third-order valence-electron chi connectivity index (χ3n) is 4.13. The highest BCUT2D eigenvalue weighted by Crippen LogP contribution is 2.47. The van der Waals surface area contributed by atoms with Crippen molar-refractivity contribution in [3.05, 3.63) is 23.7 Å². The molecule has 0 aromatic carbocycles. The van der Waals surface area contributed by atoms with Gasteiger partial charge in [-0.05, 0) is 51.7 Å². The highest BCUT2D eigenvalue weighted by molar-refractivity contribution is 5.17. The maximum atomic E-state index is 5.89. The fraction of sp³-hybridized carbons (Fsp3) is 0.750. The number of rotatable bonds is 7. The van der Waals surface area contributed by atoms with E-state index in [1.165, 1.54) is 6.42 Å². The van der Waals surface area contributed by atoms with Gasteiger partial charge in [-0.1, -0.05) is 6.92 Å². The molecule has 19 heavy (non-hydrogen) atoms. The molecule has 1 aliphatic carbocycles. The lowest BCUT2D eigenvalue weighted by Gasteiger charge is -2.26. The molecule has 1 aromatic heterocycles. The molecular weight excluding hydrogens is 238 g/mol. The van der Waals surface area contributed by atoms with E-state index in [-0.39, 0.29) is 5.60 Å². The fourth-order valence-corrected chi connectivity index (χ4v) is 2.58. The third-order valence-corrected chi connectivity index (χ3v) is 4.13. The van der Waals surface area contributed by atoms with E-state index in [0.717, 1.165) is 30.4 Å². The van der Waals surface area contributed by atoms with E-state index >= 15 is 0 Å². The lowest BCUT2D eigenvalue weighted by molar-refractivity contribution is 0.00831. The van der Waals surface area contributed by atoms with E-state index in [1.54, 1.807) is 7.11 Å². The Morgan fingerprint density at radius 1 is 1.47 bits per heavy atom. The van der Waals surface area contributed by atoms with Crippen molar-refractivity contribution in [2.75, 3.05) is 7.11 Å². The minimum Gasteiger partial charge on any atom is -0.464 e. The molecule has 3 heteroatoms. The maximum Gasteiger partial charge on any atom is 0.117 e. The van der Waals surface area contributed by atoms with Crippen LogP contribution in [0.1, 0.15) is 58.0 Å². The Bertz CT molecular complexity index is 411. The van der Waals surface area contributed by atoms with Crippen molar-refractivity contribution in [1.29, 1.82) is 0 Å². The van der Waals surface area contributed by atoms with E-state index in [9.17, 15) is 0 Å². The monoisotopic (exact) mass is 265 g/mol. The molecule has 2 rings (SSSR count). The van der Waals surface area contributed by atoms with Crippen LogP contribution in [0, 0.1) is 5.92 Å². The number of hydrogen-bond acceptors (Lipinski definition) is 3. The van der Waals surface area contributed by atoms with Crippen LogP contribution in [0.5, 0.6) is 0 Å². The average Bonchev–Trinajstić information content (AvgIpc) is 2.90. The van der Waals surface area contributed by atoms with Gasteiger partial charge in [0.25, 0.3) is 0 Å². The molecule has 1 N–H and O–H groups in total. The summed E-state index contributed by atoms with van der Waals surface area (Å²) in [6.45, 7) is 9.49. The molecule has 1 heterocycles. The minimum atomic E-state index is -0.0792. The summed E-state index contributed by atoms with van der Waals surface area (Å²) in [5.41, 5.74) is -0.0792. The van der Waals surface area contributed by atoms with Gasteiger partial charge in [0, 0.05) is 19.1 Å². The van der Waals surface area contributed by atoms with Gasteiger partial charge in [-0.3, -0.25) is 0 Å². The highest BCUT2D eigenvalue weighted by atomic mass is 16.5. The molecule has 3 unspecified atom stereocenters. The second-order valence-electron chi connectivity index (χ2n) is 6.57. The molecule has 1 saturated carbocycles. The second-order valence-corrected chi connectivity index (χ2v) is 6.57. The van der Waals surface area contributed by atoms with E-state index in [0.29, 0.717) is 12.0 Å². The number of hydrogen-bond donors (Lipinski definition) is 1. The molecule has 0 saturated heterocycles. The van der Waals surface area contributed by atoms with E-state index in [1.807, 2.05) is 0 Å². The summed E-state index contributed by atoms with van der Waals surface area (Å²) in [5.74, 6) is 3.66. The van der Waals surface area contributed by atoms with Crippen LogP contribution in [0.2, 0.25) is 0 Å². The van der Waals surface area contributed by atoms with Crippen molar-refractivity contribution in [3.8, 4) is 0 Å². The normalized spacial score (nSPS) is 24.5. The van der Waals surface area contributed by atoms with Crippen LogP contribution < -0.4 is 5.32 Å². The molecule has 0 radical (unpaired) electrons. The van der Waals surface area contributed by atoms with Gasteiger partial charge in [-0.15, -0.1) is 0 Å². The Morgan fingerprint density at radius 2 is 2.16 bits per heavy atom. The number of methoxy groups -OCH3 is 1. The summed E-state index contributed by atoms with van der Waals surface area (Å²) in [4.78, 5) is 0. The van der Waals surface area contributed by atoms with Crippen molar-refractivity contribution >= 4 is 0 Å². The maximum absolute atomic E-state index is 5.89. The van der Waals surface area contributed by atoms with Crippen LogP contribution in [-0.2, 0) is 11.3 Å². The zero-order chi connectivity index (χ0) is 14.0. The topological polar surface area (TPSA) is 34.4 Å². The molecule has 3 nitrogen and oxygen atoms in total. The van der Waals surface area contributed by atoms with Gasteiger partial charge in [0.05, 0.1) is 12.1 Å². The fourth-order valence-electron chi connectivity index (χ4n) is 2.58. The van der Waals surface area contributed by atoms with E-state index < -0.39 is 0 Å². The quantitative estimate of drug-likeness (QED) is 0.816. The summed E-state index contributed by atoms with van der Waals surface area (Å²) >= 11 is 0. The van der Waals surface area contributed by atoms with Crippen LogP contribution in [0.15, 0.2) is 16.5 Å². The third kappa shape index (κ3) is 4.08.